The van der Waals surface area contributed by atoms with E-state index in [4.69, 9.17) is 20.2 Å². The van der Waals surface area contributed by atoms with Gasteiger partial charge < -0.3 is 25.8 Å². The molecule has 0 aliphatic heterocycles. The molecule has 1 amide bonds. The molecule has 39 heavy (non-hydrogen) atoms. The number of methoxy groups -OCH3 is 2. The van der Waals surface area contributed by atoms with E-state index >= 15 is 0 Å². The molecule has 10 heteroatoms. The van der Waals surface area contributed by atoms with Crippen LogP contribution in [0.2, 0.25) is 0 Å². The normalized spacial score (nSPS) is 10.8. The van der Waals surface area contributed by atoms with Crippen LogP contribution in [0.5, 0.6) is 11.5 Å². The highest BCUT2D eigenvalue weighted by atomic mass is 32.2. The second-order valence-electron chi connectivity index (χ2n) is 8.64. The van der Waals surface area contributed by atoms with Crippen molar-refractivity contribution in [3.63, 3.8) is 0 Å². The molecule has 0 bridgehead atoms. The first-order valence-electron chi connectivity index (χ1n) is 12.2. The average molecular weight is 541 g/mol. The molecular formula is C29H28N6O3S. The second-order valence-corrected chi connectivity index (χ2v) is 9.58. The Balaban J connectivity index is 1.25. The quantitative estimate of drug-likeness (QED) is 0.157. The number of aromatic nitrogens is 3. The first-order chi connectivity index (χ1) is 19.0. The van der Waals surface area contributed by atoms with E-state index in [1.165, 1.54) is 11.8 Å². The number of ether oxygens (including phenoxy) is 2. The number of nitrogen functional groups attached to an aromatic ring is 1. The third kappa shape index (κ3) is 6.07. The summed E-state index contributed by atoms with van der Waals surface area (Å²) in [6, 6.07) is 24.3. The zero-order chi connectivity index (χ0) is 27.2. The Hall–Kier alpha value is -4.70. The molecule has 0 aliphatic rings. The van der Waals surface area contributed by atoms with Crippen LogP contribution in [0.1, 0.15) is 21.5 Å². The number of nitrogens with one attached hydrogen (secondary N) is 2. The van der Waals surface area contributed by atoms with Crippen LogP contribution in [-0.4, -0.2) is 34.7 Å². The summed E-state index contributed by atoms with van der Waals surface area (Å²) in [5, 5.41) is 11.5. The van der Waals surface area contributed by atoms with Crippen LogP contribution < -0.4 is 25.8 Å². The maximum atomic E-state index is 12.6. The van der Waals surface area contributed by atoms with Gasteiger partial charge in [0.25, 0.3) is 5.91 Å². The minimum absolute atomic E-state index is 0.210. The number of thioether (sulfide) groups is 1. The Labute approximate surface area is 230 Å². The Morgan fingerprint density at radius 3 is 2.59 bits per heavy atom. The number of fused-ring (bicyclic) bond motifs is 1. The van der Waals surface area contributed by atoms with Crippen LogP contribution in [0, 0.1) is 0 Å². The molecule has 0 saturated carbocycles. The van der Waals surface area contributed by atoms with Crippen LogP contribution in [0.15, 0.2) is 90.2 Å². The molecule has 5 rings (SSSR count). The molecule has 2 heterocycles. The molecule has 198 valence electrons. The van der Waals surface area contributed by atoms with E-state index in [9.17, 15) is 4.79 Å². The summed E-state index contributed by atoms with van der Waals surface area (Å²) in [7, 11) is 3.27. The molecule has 4 N–H and O–H groups in total. The third-order valence-electron chi connectivity index (χ3n) is 6.11. The summed E-state index contributed by atoms with van der Waals surface area (Å²) < 4.78 is 12.6. The van der Waals surface area contributed by atoms with Gasteiger partial charge in [0.05, 0.1) is 25.6 Å². The fourth-order valence-corrected chi connectivity index (χ4v) is 4.78. The van der Waals surface area contributed by atoms with Gasteiger partial charge in [-0.25, -0.2) is 9.50 Å². The van der Waals surface area contributed by atoms with Gasteiger partial charge >= 0.3 is 0 Å². The number of hydrogen-bond donors (Lipinski definition) is 3. The number of benzene rings is 3. The first-order valence-corrected chi connectivity index (χ1v) is 13.2. The zero-order valence-corrected chi connectivity index (χ0v) is 22.4. The standard InChI is InChI=1S/C29H28N6O3S/c1-37-22-14-13-21(26(16-22)38-2)17-31-27-25-8-5-15-35(25)34-29(33-27)39-18-19-9-11-20(12-10-19)28(36)32-24-7-4-3-6-23(24)30/h3-16H,17-18,30H2,1-2H3,(H,32,36)(H,31,33,34). The topological polar surface area (TPSA) is 116 Å². The van der Waals surface area contributed by atoms with Crippen molar-refractivity contribution >= 4 is 40.4 Å². The van der Waals surface area contributed by atoms with Crippen molar-refractivity contribution in [3.05, 3.63) is 102 Å². The van der Waals surface area contributed by atoms with Crippen molar-refractivity contribution in [2.75, 3.05) is 30.6 Å². The van der Waals surface area contributed by atoms with E-state index in [0.29, 0.717) is 34.4 Å². The molecule has 0 fully saturated rings. The SMILES string of the molecule is COc1ccc(CNc2nc(SCc3ccc(C(=O)Nc4ccccc4N)cc3)nn3cccc23)c(OC)c1. The van der Waals surface area contributed by atoms with Crippen LogP contribution in [0.3, 0.4) is 0 Å². The Morgan fingerprint density at radius 2 is 1.82 bits per heavy atom. The average Bonchev–Trinajstić information content (AvgIpc) is 3.45. The molecular weight excluding hydrogens is 512 g/mol. The van der Waals surface area contributed by atoms with Gasteiger partial charge in [-0.3, -0.25) is 4.79 Å². The maximum absolute atomic E-state index is 12.6. The number of hydrogen-bond acceptors (Lipinski definition) is 8. The van der Waals surface area contributed by atoms with Crippen LogP contribution in [-0.2, 0) is 12.3 Å². The molecule has 0 aliphatic carbocycles. The third-order valence-corrected chi connectivity index (χ3v) is 7.01. The summed E-state index contributed by atoms with van der Waals surface area (Å²) >= 11 is 1.52. The number of carbonyl (C=O) groups is 1. The lowest BCUT2D eigenvalue weighted by Crippen LogP contribution is -2.13. The smallest absolute Gasteiger partial charge is 0.255 e. The summed E-state index contributed by atoms with van der Waals surface area (Å²) in [4.78, 5) is 17.4. The summed E-state index contributed by atoms with van der Waals surface area (Å²) in [6.07, 6.45) is 1.90. The van der Waals surface area contributed by atoms with Gasteiger partial charge in [-0.2, -0.15) is 0 Å². The number of carbonyl (C=O) groups excluding carboxylic acids is 1. The number of nitrogens with two attached hydrogens (primary N) is 1. The summed E-state index contributed by atoms with van der Waals surface area (Å²) in [5.74, 6) is 2.63. The van der Waals surface area contributed by atoms with Crippen molar-refractivity contribution in [1.29, 1.82) is 0 Å². The Kier molecular flexibility index (Phi) is 7.83. The van der Waals surface area contributed by atoms with Crippen molar-refractivity contribution in [2.24, 2.45) is 0 Å². The lowest BCUT2D eigenvalue weighted by Gasteiger charge is -2.13. The van der Waals surface area contributed by atoms with Crippen molar-refractivity contribution in [3.8, 4) is 11.5 Å². The van der Waals surface area contributed by atoms with Crippen LogP contribution in [0.25, 0.3) is 5.52 Å². The van der Waals surface area contributed by atoms with Gasteiger partial charge in [0.2, 0.25) is 5.16 Å². The predicted molar refractivity (Wildman–Crippen MR) is 155 cm³/mol. The van der Waals surface area contributed by atoms with Crippen LogP contribution in [0.4, 0.5) is 17.2 Å². The van der Waals surface area contributed by atoms with E-state index < -0.39 is 0 Å². The van der Waals surface area contributed by atoms with E-state index in [-0.39, 0.29) is 5.91 Å². The van der Waals surface area contributed by atoms with Gasteiger partial charge in [-0.1, -0.05) is 36.0 Å². The molecule has 0 saturated heterocycles. The molecule has 2 aromatic heterocycles. The van der Waals surface area contributed by atoms with Crippen LogP contribution >= 0.6 is 11.8 Å². The lowest BCUT2D eigenvalue weighted by molar-refractivity contribution is 0.102. The molecule has 0 atom stereocenters. The molecule has 0 radical (unpaired) electrons. The summed E-state index contributed by atoms with van der Waals surface area (Å²) in [6.45, 7) is 0.521. The number of nitrogens with zero attached hydrogens (tertiary/aromatic N) is 3. The monoisotopic (exact) mass is 540 g/mol. The molecule has 0 unspecified atom stereocenters. The number of rotatable bonds is 10. The predicted octanol–water partition coefficient (Wildman–Crippen LogP) is 5.49. The zero-order valence-electron chi connectivity index (χ0n) is 21.5. The number of amides is 1. The van der Waals surface area contributed by atoms with Crippen molar-refractivity contribution in [1.82, 2.24) is 14.6 Å². The van der Waals surface area contributed by atoms with E-state index in [2.05, 4.69) is 15.7 Å². The number of para-hydroxylation sites is 2. The van der Waals surface area contributed by atoms with E-state index in [1.54, 1.807) is 38.5 Å². The largest absolute Gasteiger partial charge is 0.497 e. The fraction of sp³-hybridized carbons (Fsp3) is 0.138. The van der Waals surface area contributed by atoms with Gasteiger partial charge in [0.15, 0.2) is 5.82 Å². The maximum Gasteiger partial charge on any atom is 0.255 e. The van der Waals surface area contributed by atoms with E-state index in [1.807, 2.05) is 65.3 Å². The van der Waals surface area contributed by atoms with Gasteiger partial charge in [-0.05, 0) is 54.1 Å². The fourth-order valence-electron chi connectivity index (χ4n) is 3.99. The summed E-state index contributed by atoms with van der Waals surface area (Å²) in [5.41, 5.74) is 10.5. The van der Waals surface area contributed by atoms with Crippen molar-refractivity contribution in [2.45, 2.75) is 17.5 Å². The van der Waals surface area contributed by atoms with Gasteiger partial charge in [0, 0.05) is 35.7 Å². The molecule has 0 spiro atoms. The highest BCUT2D eigenvalue weighted by Crippen LogP contribution is 2.27. The Bertz CT molecular complexity index is 1600. The molecule has 3 aromatic carbocycles. The number of anilines is 3. The lowest BCUT2D eigenvalue weighted by atomic mass is 10.1. The van der Waals surface area contributed by atoms with E-state index in [0.717, 1.165) is 34.0 Å². The van der Waals surface area contributed by atoms with Crippen molar-refractivity contribution < 1.29 is 14.3 Å². The van der Waals surface area contributed by atoms with Gasteiger partial charge in [-0.15, -0.1) is 5.10 Å². The first kappa shape index (κ1) is 25.9. The minimum Gasteiger partial charge on any atom is -0.497 e. The molecule has 5 aromatic rings. The van der Waals surface area contributed by atoms with Gasteiger partial charge in [0.1, 0.15) is 17.0 Å². The highest BCUT2D eigenvalue weighted by Gasteiger charge is 2.12. The molecule has 9 nitrogen and oxygen atoms in total. The minimum atomic E-state index is -0.210. The Morgan fingerprint density at radius 1 is 1.00 bits per heavy atom. The highest BCUT2D eigenvalue weighted by molar-refractivity contribution is 7.98. The second kappa shape index (κ2) is 11.8.